The molecule has 2 atom stereocenters. The van der Waals surface area contributed by atoms with Gasteiger partial charge in [-0.25, -0.2) is 15.0 Å². The number of nitrogens with two attached hydrogens (primary N) is 2. The van der Waals surface area contributed by atoms with Gasteiger partial charge in [-0.15, -0.1) is 0 Å². The van der Waals surface area contributed by atoms with Gasteiger partial charge in [0.1, 0.15) is 42.2 Å². The molecule has 4 N–H and O–H groups in total. The Labute approximate surface area is 185 Å². The van der Waals surface area contributed by atoms with E-state index in [0.29, 0.717) is 12.4 Å². The number of hydrogen-bond donors (Lipinski definition) is 2. The maximum atomic E-state index is 6.25. The first-order valence-electron chi connectivity index (χ1n) is 10.9. The number of anilines is 2. The first-order valence-corrected chi connectivity index (χ1v) is 10.9. The molecular formula is C23H25N7O2. The number of nitrogen functional groups attached to an aromatic ring is 1. The first-order chi connectivity index (χ1) is 15.6. The van der Waals surface area contributed by atoms with Crippen LogP contribution >= 0.6 is 0 Å². The van der Waals surface area contributed by atoms with E-state index in [9.17, 15) is 0 Å². The zero-order valence-corrected chi connectivity index (χ0v) is 17.6. The third-order valence-electron chi connectivity index (χ3n) is 6.25. The van der Waals surface area contributed by atoms with Crippen molar-refractivity contribution in [3.8, 4) is 5.75 Å². The summed E-state index contributed by atoms with van der Waals surface area (Å²) in [4.78, 5) is 15.4. The van der Waals surface area contributed by atoms with Crippen LogP contribution in [0, 0.1) is 0 Å². The third-order valence-corrected chi connectivity index (χ3v) is 6.25. The van der Waals surface area contributed by atoms with Crippen LogP contribution < -0.4 is 21.1 Å². The predicted octanol–water partition coefficient (Wildman–Crippen LogP) is 2.47. The van der Waals surface area contributed by atoms with Crippen LogP contribution in [0.25, 0.3) is 21.9 Å². The van der Waals surface area contributed by atoms with E-state index in [4.69, 9.17) is 25.9 Å². The number of benzene rings is 1. The average Bonchev–Trinajstić information content (AvgIpc) is 3.42. The van der Waals surface area contributed by atoms with Crippen molar-refractivity contribution in [2.45, 2.75) is 31.2 Å². The fraction of sp³-hybridized carbons (Fsp3) is 0.348. The van der Waals surface area contributed by atoms with E-state index in [2.05, 4.69) is 20.9 Å². The zero-order valence-electron chi connectivity index (χ0n) is 17.6. The van der Waals surface area contributed by atoms with Crippen LogP contribution in [-0.4, -0.2) is 51.4 Å². The van der Waals surface area contributed by atoms with Gasteiger partial charge >= 0.3 is 0 Å². The number of pyridine rings is 1. The van der Waals surface area contributed by atoms with Gasteiger partial charge in [-0.1, -0.05) is 0 Å². The van der Waals surface area contributed by atoms with Crippen LogP contribution in [0.1, 0.15) is 19.1 Å². The molecule has 0 bridgehead atoms. The normalized spacial score (nSPS) is 21.3. The lowest BCUT2D eigenvalue weighted by Gasteiger charge is -2.37. The molecule has 4 aromatic rings. The second-order valence-corrected chi connectivity index (χ2v) is 8.51. The largest absolute Gasteiger partial charge is 0.491 e. The minimum Gasteiger partial charge on any atom is -0.491 e. The number of aromatic nitrogens is 4. The van der Waals surface area contributed by atoms with Crippen molar-refractivity contribution in [1.82, 2.24) is 19.5 Å². The number of hydrogen-bond acceptors (Lipinski definition) is 8. The minimum atomic E-state index is -0.0841. The summed E-state index contributed by atoms with van der Waals surface area (Å²) >= 11 is 0. The second kappa shape index (κ2) is 7.61. The number of fused-ring (bicyclic) bond motifs is 2. The molecule has 0 radical (unpaired) electrons. The van der Waals surface area contributed by atoms with Gasteiger partial charge in [0.15, 0.2) is 0 Å². The Morgan fingerprint density at radius 2 is 1.97 bits per heavy atom. The van der Waals surface area contributed by atoms with E-state index in [-0.39, 0.29) is 18.4 Å². The van der Waals surface area contributed by atoms with Crippen LogP contribution in [-0.2, 0) is 4.74 Å². The Hall–Kier alpha value is -3.43. The molecule has 32 heavy (non-hydrogen) atoms. The second-order valence-electron chi connectivity index (χ2n) is 8.51. The molecule has 164 valence electrons. The molecule has 0 unspecified atom stereocenters. The van der Waals surface area contributed by atoms with Crippen molar-refractivity contribution in [1.29, 1.82) is 0 Å². The standard InChI is InChI=1S/C23H25N7O2/c24-15-10-29(11-15)20-5-2-14-1-3-16(9-19(14)28-20)31-12-17-4-6-21(32-17)30-8-7-18-22(25)26-13-27-23(18)30/h1-3,5,7-9,13,15,17,21H,4,6,10-12,24H2,(H2,25,26,27)/t17-,21+/m0/s1. The van der Waals surface area contributed by atoms with Gasteiger partial charge in [0.25, 0.3) is 0 Å². The molecule has 2 aliphatic rings. The van der Waals surface area contributed by atoms with Crippen molar-refractivity contribution >= 4 is 33.6 Å². The molecule has 9 nitrogen and oxygen atoms in total. The maximum Gasteiger partial charge on any atom is 0.147 e. The van der Waals surface area contributed by atoms with Gasteiger partial charge in [0.2, 0.25) is 0 Å². The van der Waals surface area contributed by atoms with Crippen LogP contribution in [0.15, 0.2) is 48.9 Å². The Kier molecular flexibility index (Phi) is 4.58. The molecule has 9 heteroatoms. The SMILES string of the molecule is Nc1ncnc2c1ccn2[C@H]1CC[C@@H](COc2ccc3ccc(N4CC(N)C4)nc3c2)O1. The number of rotatable bonds is 5. The highest BCUT2D eigenvalue weighted by atomic mass is 16.6. The van der Waals surface area contributed by atoms with Crippen molar-refractivity contribution in [2.24, 2.45) is 5.73 Å². The van der Waals surface area contributed by atoms with Crippen LogP contribution in [0.4, 0.5) is 11.6 Å². The van der Waals surface area contributed by atoms with Gasteiger partial charge < -0.3 is 30.4 Å². The molecule has 0 aliphatic carbocycles. The fourth-order valence-electron chi connectivity index (χ4n) is 4.48. The van der Waals surface area contributed by atoms with Crippen LogP contribution in [0.5, 0.6) is 5.75 Å². The molecule has 2 saturated heterocycles. The lowest BCUT2D eigenvalue weighted by molar-refractivity contribution is -0.0156. The van der Waals surface area contributed by atoms with Crippen molar-refractivity contribution in [3.63, 3.8) is 0 Å². The fourth-order valence-corrected chi connectivity index (χ4v) is 4.48. The molecule has 1 aromatic carbocycles. The summed E-state index contributed by atoms with van der Waals surface area (Å²) in [6.07, 6.45) is 5.17. The molecule has 2 fully saturated rings. The van der Waals surface area contributed by atoms with Gasteiger partial charge in [-0.3, -0.25) is 0 Å². The summed E-state index contributed by atoms with van der Waals surface area (Å²) in [6, 6.07) is 12.3. The van der Waals surface area contributed by atoms with E-state index < -0.39 is 0 Å². The topological polar surface area (TPSA) is 117 Å². The average molecular weight is 432 g/mol. The number of ether oxygens (including phenoxy) is 2. The minimum absolute atomic E-state index is 0.00852. The van der Waals surface area contributed by atoms with Crippen molar-refractivity contribution < 1.29 is 9.47 Å². The molecule has 2 aliphatic heterocycles. The summed E-state index contributed by atoms with van der Waals surface area (Å²) in [7, 11) is 0. The van der Waals surface area contributed by atoms with Gasteiger partial charge in [0, 0.05) is 36.8 Å². The predicted molar refractivity (Wildman–Crippen MR) is 123 cm³/mol. The smallest absolute Gasteiger partial charge is 0.147 e. The molecule has 6 rings (SSSR count). The molecule has 0 amide bonds. The molecule has 3 aromatic heterocycles. The van der Waals surface area contributed by atoms with E-state index in [0.717, 1.165) is 59.4 Å². The van der Waals surface area contributed by atoms with Crippen LogP contribution in [0.2, 0.25) is 0 Å². The molecule has 0 saturated carbocycles. The highest BCUT2D eigenvalue weighted by Crippen LogP contribution is 2.32. The van der Waals surface area contributed by atoms with Gasteiger partial charge in [-0.2, -0.15) is 0 Å². The Bertz CT molecular complexity index is 1280. The molecule has 5 heterocycles. The molecular weight excluding hydrogens is 406 g/mol. The highest BCUT2D eigenvalue weighted by Gasteiger charge is 2.28. The van der Waals surface area contributed by atoms with E-state index in [1.54, 1.807) is 0 Å². The van der Waals surface area contributed by atoms with E-state index in [1.807, 2.05) is 41.1 Å². The Morgan fingerprint density at radius 3 is 2.84 bits per heavy atom. The third kappa shape index (κ3) is 3.39. The Balaban J connectivity index is 1.12. The van der Waals surface area contributed by atoms with Crippen molar-refractivity contribution in [3.05, 3.63) is 48.9 Å². The monoisotopic (exact) mass is 431 g/mol. The highest BCUT2D eigenvalue weighted by molar-refractivity contribution is 5.86. The quantitative estimate of drug-likeness (QED) is 0.495. The zero-order chi connectivity index (χ0) is 21.7. The lowest BCUT2D eigenvalue weighted by atomic mass is 10.1. The first kappa shape index (κ1) is 19.3. The summed E-state index contributed by atoms with van der Waals surface area (Å²) in [6.45, 7) is 2.19. The summed E-state index contributed by atoms with van der Waals surface area (Å²) < 4.78 is 14.3. The summed E-state index contributed by atoms with van der Waals surface area (Å²) in [5, 5.41) is 1.93. The Morgan fingerprint density at radius 1 is 1.09 bits per heavy atom. The van der Waals surface area contributed by atoms with Gasteiger partial charge in [-0.05, 0) is 43.2 Å². The molecule has 0 spiro atoms. The summed E-state index contributed by atoms with van der Waals surface area (Å²) in [5.41, 5.74) is 13.6. The maximum absolute atomic E-state index is 6.25. The number of nitrogens with zero attached hydrogens (tertiary/aromatic N) is 5. The van der Waals surface area contributed by atoms with Gasteiger partial charge in [0.05, 0.1) is 17.0 Å². The van der Waals surface area contributed by atoms with Crippen molar-refractivity contribution in [2.75, 3.05) is 30.3 Å². The lowest BCUT2D eigenvalue weighted by Crippen LogP contribution is -2.56. The van der Waals surface area contributed by atoms with Crippen LogP contribution in [0.3, 0.4) is 0 Å². The summed E-state index contributed by atoms with van der Waals surface area (Å²) in [5.74, 6) is 2.24. The van der Waals surface area contributed by atoms with E-state index >= 15 is 0 Å². The van der Waals surface area contributed by atoms with E-state index in [1.165, 1.54) is 6.33 Å².